The van der Waals surface area contributed by atoms with E-state index in [4.69, 9.17) is 0 Å². The lowest BCUT2D eigenvalue weighted by Gasteiger charge is -1.98. The summed E-state index contributed by atoms with van der Waals surface area (Å²) in [6.45, 7) is 3.77. The van der Waals surface area contributed by atoms with Gasteiger partial charge in [-0.25, -0.2) is 13.2 Å². The average Bonchev–Trinajstić information content (AvgIpc) is 2.59. The Morgan fingerprint density at radius 3 is 2.33 bits per heavy atom. The third-order valence-corrected chi connectivity index (χ3v) is 2.40. The van der Waals surface area contributed by atoms with E-state index in [9.17, 15) is 13.2 Å². The van der Waals surface area contributed by atoms with Gasteiger partial charge in [0.15, 0.2) is 11.6 Å². The fourth-order valence-corrected chi connectivity index (χ4v) is 1.52. The lowest BCUT2D eigenvalue weighted by atomic mass is 10.1. The topological polar surface area (TPSA) is 15.8 Å². The highest BCUT2D eigenvalue weighted by molar-refractivity contribution is 5.82. The summed E-state index contributed by atoms with van der Waals surface area (Å²) in [5, 5.41) is 0.0950. The predicted molar refractivity (Wildman–Crippen MR) is 52.3 cm³/mol. The minimum Gasteiger partial charge on any atom is -0.356 e. The summed E-state index contributed by atoms with van der Waals surface area (Å²) in [7, 11) is 0. The van der Waals surface area contributed by atoms with Crippen LogP contribution in [-0.4, -0.2) is 4.98 Å². The Kier molecular flexibility index (Phi) is 2.21. The maximum absolute atomic E-state index is 13.3. The fourth-order valence-electron chi connectivity index (χ4n) is 1.52. The molecule has 0 radical (unpaired) electrons. The molecule has 0 bridgehead atoms. The molecule has 0 fully saturated rings. The number of nitrogens with one attached hydrogen (secondary N) is 1. The van der Waals surface area contributed by atoms with Crippen LogP contribution in [0.4, 0.5) is 13.2 Å². The lowest BCUT2D eigenvalue weighted by Crippen LogP contribution is -1.89. The molecule has 1 nitrogen and oxygen atoms in total. The quantitative estimate of drug-likeness (QED) is 0.695. The maximum atomic E-state index is 13.3. The van der Waals surface area contributed by atoms with Crippen molar-refractivity contribution in [2.75, 3.05) is 0 Å². The number of H-pyrrole nitrogens is 1. The van der Waals surface area contributed by atoms with Gasteiger partial charge in [-0.2, -0.15) is 0 Å². The third kappa shape index (κ3) is 1.50. The maximum Gasteiger partial charge on any atom is 0.183 e. The summed E-state index contributed by atoms with van der Waals surface area (Å²) in [5.41, 5.74) is 0.588. The molecule has 2 aromatic rings. The number of aromatic amines is 1. The number of halogens is 3. The zero-order valence-electron chi connectivity index (χ0n) is 8.37. The molecular formula is C11H10F3N. The Balaban J connectivity index is 2.80. The Labute approximate surface area is 84.9 Å². The molecule has 0 atom stereocenters. The molecule has 0 aliphatic heterocycles. The summed E-state index contributed by atoms with van der Waals surface area (Å²) in [6, 6.07) is 2.08. The molecule has 0 aliphatic rings. The monoisotopic (exact) mass is 213 g/mol. The fraction of sp³-hybridized carbons (Fsp3) is 0.273. The highest BCUT2D eigenvalue weighted by Gasteiger charge is 2.15. The van der Waals surface area contributed by atoms with Crippen LogP contribution in [0.5, 0.6) is 0 Å². The van der Waals surface area contributed by atoms with Crippen LogP contribution in [0.2, 0.25) is 0 Å². The number of fused-ring (bicyclic) bond motifs is 1. The Hall–Kier alpha value is -1.45. The van der Waals surface area contributed by atoms with Gasteiger partial charge in [-0.05, 0) is 12.0 Å². The van der Waals surface area contributed by atoms with Gasteiger partial charge >= 0.3 is 0 Å². The van der Waals surface area contributed by atoms with Crippen molar-refractivity contribution in [3.05, 3.63) is 35.3 Å². The van der Waals surface area contributed by atoms with Crippen molar-refractivity contribution in [1.82, 2.24) is 4.98 Å². The minimum atomic E-state index is -1.17. The third-order valence-electron chi connectivity index (χ3n) is 2.40. The SMILES string of the molecule is CC(C)c1cc2c(F)cc(F)c(F)c2[nH]1. The first-order chi connectivity index (χ1) is 7.00. The van der Waals surface area contributed by atoms with E-state index >= 15 is 0 Å². The van der Waals surface area contributed by atoms with Gasteiger partial charge in [0.1, 0.15) is 5.82 Å². The molecule has 1 aromatic carbocycles. The zero-order valence-corrected chi connectivity index (χ0v) is 8.37. The van der Waals surface area contributed by atoms with Crippen molar-refractivity contribution in [2.45, 2.75) is 19.8 Å². The van der Waals surface area contributed by atoms with Gasteiger partial charge in [-0.3, -0.25) is 0 Å². The van der Waals surface area contributed by atoms with E-state index in [0.717, 1.165) is 0 Å². The van der Waals surface area contributed by atoms with E-state index in [1.807, 2.05) is 13.8 Å². The molecule has 0 aliphatic carbocycles. The highest BCUT2D eigenvalue weighted by atomic mass is 19.2. The number of hydrogen-bond donors (Lipinski definition) is 1. The average molecular weight is 213 g/mol. The van der Waals surface area contributed by atoms with Gasteiger partial charge < -0.3 is 4.98 Å². The van der Waals surface area contributed by atoms with Crippen molar-refractivity contribution in [2.24, 2.45) is 0 Å². The molecule has 0 unspecified atom stereocenters. The Bertz CT molecular complexity index is 514. The number of benzene rings is 1. The summed E-state index contributed by atoms with van der Waals surface area (Å²) < 4.78 is 39.4. The van der Waals surface area contributed by atoms with E-state index in [1.165, 1.54) is 6.07 Å². The van der Waals surface area contributed by atoms with Crippen molar-refractivity contribution < 1.29 is 13.2 Å². The van der Waals surface area contributed by atoms with Gasteiger partial charge in [0, 0.05) is 17.1 Å². The lowest BCUT2D eigenvalue weighted by molar-refractivity contribution is 0.504. The molecule has 80 valence electrons. The molecule has 15 heavy (non-hydrogen) atoms. The zero-order chi connectivity index (χ0) is 11.2. The largest absolute Gasteiger partial charge is 0.356 e. The molecule has 4 heteroatoms. The molecule has 0 spiro atoms. The van der Waals surface area contributed by atoms with Gasteiger partial charge in [0.05, 0.1) is 5.52 Å². The summed E-state index contributed by atoms with van der Waals surface area (Å²) in [4.78, 5) is 2.69. The van der Waals surface area contributed by atoms with Crippen molar-refractivity contribution in [1.29, 1.82) is 0 Å². The second-order valence-electron chi connectivity index (χ2n) is 3.82. The first-order valence-electron chi connectivity index (χ1n) is 4.67. The van der Waals surface area contributed by atoms with Gasteiger partial charge in [-0.1, -0.05) is 13.8 Å². The molecule has 2 rings (SSSR count). The van der Waals surface area contributed by atoms with Gasteiger partial charge in [-0.15, -0.1) is 0 Å². The molecule has 0 saturated carbocycles. The van der Waals surface area contributed by atoms with Crippen molar-refractivity contribution in [3.63, 3.8) is 0 Å². The van der Waals surface area contributed by atoms with Gasteiger partial charge in [0.2, 0.25) is 0 Å². The number of rotatable bonds is 1. The first kappa shape index (κ1) is 10.1. The molecule has 0 saturated heterocycles. The molecule has 0 amide bonds. The van der Waals surface area contributed by atoms with Crippen LogP contribution in [-0.2, 0) is 0 Å². The molecule has 1 N–H and O–H groups in total. The number of aromatic nitrogens is 1. The Morgan fingerprint density at radius 2 is 1.73 bits per heavy atom. The van der Waals surface area contributed by atoms with Crippen LogP contribution in [0.3, 0.4) is 0 Å². The van der Waals surface area contributed by atoms with Crippen LogP contribution < -0.4 is 0 Å². The first-order valence-corrected chi connectivity index (χ1v) is 4.67. The summed E-state index contributed by atoms with van der Waals surface area (Å²) >= 11 is 0. The number of hydrogen-bond acceptors (Lipinski definition) is 0. The van der Waals surface area contributed by atoms with Crippen LogP contribution in [0.25, 0.3) is 10.9 Å². The molecule has 1 aromatic heterocycles. The van der Waals surface area contributed by atoms with Crippen molar-refractivity contribution >= 4 is 10.9 Å². The van der Waals surface area contributed by atoms with Crippen LogP contribution in [0.1, 0.15) is 25.5 Å². The summed E-state index contributed by atoms with van der Waals surface area (Å²) in [6.07, 6.45) is 0. The Morgan fingerprint density at radius 1 is 1.07 bits per heavy atom. The molecular weight excluding hydrogens is 203 g/mol. The normalized spacial score (nSPS) is 11.6. The van der Waals surface area contributed by atoms with Crippen molar-refractivity contribution in [3.8, 4) is 0 Å². The predicted octanol–water partition coefficient (Wildman–Crippen LogP) is 3.71. The van der Waals surface area contributed by atoms with E-state index in [0.29, 0.717) is 11.8 Å². The van der Waals surface area contributed by atoms with E-state index in [-0.39, 0.29) is 16.8 Å². The second-order valence-corrected chi connectivity index (χ2v) is 3.82. The van der Waals surface area contributed by atoms with Crippen LogP contribution in [0, 0.1) is 17.5 Å². The second kappa shape index (κ2) is 3.29. The minimum absolute atomic E-state index is 0.0950. The highest BCUT2D eigenvalue weighted by Crippen LogP contribution is 2.26. The van der Waals surface area contributed by atoms with E-state index in [1.54, 1.807) is 0 Å². The molecule has 1 heterocycles. The van der Waals surface area contributed by atoms with E-state index in [2.05, 4.69) is 4.98 Å². The standard InChI is InChI=1S/C11H10F3N/c1-5(2)9-3-6-7(12)4-8(13)10(14)11(6)15-9/h3-5,15H,1-2H3. The smallest absolute Gasteiger partial charge is 0.183 e. The van der Waals surface area contributed by atoms with Crippen LogP contribution >= 0.6 is 0 Å². The summed E-state index contributed by atoms with van der Waals surface area (Å²) in [5.74, 6) is -2.83. The van der Waals surface area contributed by atoms with Crippen LogP contribution in [0.15, 0.2) is 12.1 Å². The van der Waals surface area contributed by atoms with Gasteiger partial charge in [0.25, 0.3) is 0 Å². The van der Waals surface area contributed by atoms with E-state index < -0.39 is 17.5 Å².